The Morgan fingerprint density at radius 3 is 3.00 bits per heavy atom. The highest BCUT2D eigenvalue weighted by Crippen LogP contribution is 2.24. The molecular weight excluding hydrogens is 232 g/mol. The van der Waals surface area contributed by atoms with Gasteiger partial charge in [-0.3, -0.25) is 4.98 Å². The predicted octanol–water partition coefficient (Wildman–Crippen LogP) is 3.54. The van der Waals surface area contributed by atoms with E-state index < -0.39 is 0 Å². The molecule has 0 aliphatic heterocycles. The summed E-state index contributed by atoms with van der Waals surface area (Å²) in [7, 11) is 0. The fourth-order valence-electron chi connectivity index (χ4n) is 1.46. The van der Waals surface area contributed by atoms with Gasteiger partial charge in [-0.1, -0.05) is 19.1 Å². The number of hydrogen-bond donors (Lipinski definition) is 1. The predicted molar refractivity (Wildman–Crippen MR) is 71.7 cm³/mol. The van der Waals surface area contributed by atoms with Crippen molar-refractivity contribution in [3.8, 4) is 5.75 Å². The van der Waals surface area contributed by atoms with E-state index in [0.29, 0.717) is 0 Å². The number of hydrogen-bond acceptors (Lipinski definition) is 4. The molecule has 2 aromatic rings. The Balaban J connectivity index is 1.99. The van der Waals surface area contributed by atoms with Crippen LogP contribution >= 0.6 is 11.3 Å². The number of anilines is 1. The fraction of sp³-hybridized carbons (Fsp3) is 0.308. The molecule has 1 aromatic heterocycles. The second-order valence-electron chi connectivity index (χ2n) is 3.67. The smallest absolute Gasteiger partial charge is 0.142 e. The molecule has 0 atom stereocenters. The average Bonchev–Trinajstić information content (AvgIpc) is 2.88. The average molecular weight is 248 g/mol. The molecule has 0 amide bonds. The van der Waals surface area contributed by atoms with Gasteiger partial charge in [0.15, 0.2) is 0 Å². The fourth-order valence-corrected chi connectivity index (χ4v) is 2.00. The molecule has 0 unspecified atom stereocenters. The third kappa shape index (κ3) is 3.46. The Hall–Kier alpha value is -1.55. The zero-order valence-corrected chi connectivity index (χ0v) is 10.7. The molecule has 0 spiro atoms. The van der Waals surface area contributed by atoms with Gasteiger partial charge < -0.3 is 10.1 Å². The molecule has 0 saturated carbocycles. The standard InChI is InChI=1S/C13H16N2OS/c1-2-7-16-13-6-4-3-5-12(13)15-9-11-8-14-10-17-11/h3-6,8,10,15H,2,7,9H2,1H3. The van der Waals surface area contributed by atoms with Gasteiger partial charge in [0.2, 0.25) is 0 Å². The Labute approximate surface area is 105 Å². The van der Waals surface area contributed by atoms with E-state index in [0.717, 1.165) is 31.0 Å². The zero-order valence-electron chi connectivity index (χ0n) is 9.85. The van der Waals surface area contributed by atoms with Crippen LogP contribution in [-0.2, 0) is 6.54 Å². The lowest BCUT2D eigenvalue weighted by Crippen LogP contribution is -2.02. The van der Waals surface area contributed by atoms with Crippen molar-refractivity contribution in [2.75, 3.05) is 11.9 Å². The molecule has 90 valence electrons. The number of thiazole rings is 1. The number of nitrogens with zero attached hydrogens (tertiary/aromatic N) is 1. The summed E-state index contributed by atoms with van der Waals surface area (Å²) in [6.07, 6.45) is 2.90. The van der Waals surface area contributed by atoms with Crippen LogP contribution in [-0.4, -0.2) is 11.6 Å². The molecular formula is C13H16N2OS. The number of rotatable bonds is 6. The largest absolute Gasteiger partial charge is 0.491 e. The van der Waals surface area contributed by atoms with E-state index in [4.69, 9.17) is 4.74 Å². The van der Waals surface area contributed by atoms with Gasteiger partial charge in [-0.15, -0.1) is 11.3 Å². The second kappa shape index (κ2) is 6.25. The van der Waals surface area contributed by atoms with Gasteiger partial charge in [0.05, 0.1) is 24.3 Å². The van der Waals surface area contributed by atoms with Crippen molar-refractivity contribution in [2.24, 2.45) is 0 Å². The first kappa shape index (κ1) is 11.9. The number of aromatic nitrogens is 1. The third-order valence-electron chi connectivity index (χ3n) is 2.29. The maximum Gasteiger partial charge on any atom is 0.142 e. The summed E-state index contributed by atoms with van der Waals surface area (Å²) in [5.41, 5.74) is 2.88. The van der Waals surface area contributed by atoms with E-state index in [1.165, 1.54) is 4.88 Å². The molecule has 0 aliphatic rings. The number of benzene rings is 1. The highest BCUT2D eigenvalue weighted by molar-refractivity contribution is 7.09. The van der Waals surface area contributed by atoms with Crippen molar-refractivity contribution in [2.45, 2.75) is 19.9 Å². The van der Waals surface area contributed by atoms with Crippen LogP contribution in [0.3, 0.4) is 0 Å². The molecule has 0 bridgehead atoms. The van der Waals surface area contributed by atoms with Gasteiger partial charge in [-0.05, 0) is 18.6 Å². The van der Waals surface area contributed by atoms with Crippen molar-refractivity contribution in [3.63, 3.8) is 0 Å². The first-order valence-electron chi connectivity index (χ1n) is 5.73. The molecule has 3 nitrogen and oxygen atoms in total. The summed E-state index contributed by atoms with van der Waals surface area (Å²) in [4.78, 5) is 5.27. The lowest BCUT2D eigenvalue weighted by Gasteiger charge is -2.11. The van der Waals surface area contributed by atoms with Crippen LogP contribution in [0.15, 0.2) is 36.0 Å². The van der Waals surface area contributed by atoms with E-state index in [1.54, 1.807) is 11.3 Å². The summed E-state index contributed by atoms with van der Waals surface area (Å²) in [5.74, 6) is 0.916. The number of nitrogens with one attached hydrogen (secondary N) is 1. The van der Waals surface area contributed by atoms with Crippen LogP contribution in [0.2, 0.25) is 0 Å². The third-order valence-corrected chi connectivity index (χ3v) is 3.06. The van der Waals surface area contributed by atoms with Crippen LogP contribution in [0, 0.1) is 0 Å². The lowest BCUT2D eigenvalue weighted by molar-refractivity contribution is 0.319. The van der Waals surface area contributed by atoms with Crippen LogP contribution in [0.25, 0.3) is 0 Å². The Morgan fingerprint density at radius 2 is 2.24 bits per heavy atom. The van der Waals surface area contributed by atoms with E-state index in [-0.39, 0.29) is 0 Å². The summed E-state index contributed by atoms with van der Waals surface area (Å²) in [6.45, 7) is 3.64. The summed E-state index contributed by atoms with van der Waals surface area (Å²) in [6, 6.07) is 8.02. The maximum absolute atomic E-state index is 5.68. The van der Waals surface area contributed by atoms with Gasteiger partial charge >= 0.3 is 0 Å². The molecule has 0 aliphatic carbocycles. The molecule has 0 saturated heterocycles. The molecule has 4 heteroatoms. The second-order valence-corrected chi connectivity index (χ2v) is 4.64. The highest BCUT2D eigenvalue weighted by Gasteiger charge is 2.02. The minimum Gasteiger partial charge on any atom is -0.491 e. The van der Waals surface area contributed by atoms with Crippen molar-refractivity contribution in [3.05, 3.63) is 40.8 Å². The SMILES string of the molecule is CCCOc1ccccc1NCc1cncs1. The highest BCUT2D eigenvalue weighted by atomic mass is 32.1. The van der Waals surface area contributed by atoms with E-state index in [1.807, 2.05) is 36.0 Å². The first-order valence-corrected chi connectivity index (χ1v) is 6.61. The van der Waals surface area contributed by atoms with Crippen LogP contribution < -0.4 is 10.1 Å². The van der Waals surface area contributed by atoms with Crippen LogP contribution in [0.5, 0.6) is 5.75 Å². The number of para-hydroxylation sites is 2. The Morgan fingerprint density at radius 1 is 1.35 bits per heavy atom. The van der Waals surface area contributed by atoms with Gasteiger partial charge in [0.25, 0.3) is 0 Å². The van der Waals surface area contributed by atoms with Crippen molar-refractivity contribution < 1.29 is 4.74 Å². The van der Waals surface area contributed by atoms with Crippen LogP contribution in [0.1, 0.15) is 18.2 Å². The normalized spacial score (nSPS) is 10.2. The van der Waals surface area contributed by atoms with Gasteiger partial charge in [0.1, 0.15) is 5.75 Å². The maximum atomic E-state index is 5.68. The van der Waals surface area contributed by atoms with Crippen molar-refractivity contribution in [1.29, 1.82) is 0 Å². The van der Waals surface area contributed by atoms with Crippen LogP contribution in [0.4, 0.5) is 5.69 Å². The Bertz CT molecular complexity index is 442. The van der Waals surface area contributed by atoms with E-state index in [9.17, 15) is 0 Å². The summed E-state index contributed by atoms with van der Waals surface area (Å²) < 4.78 is 5.68. The van der Waals surface area contributed by atoms with Crippen molar-refractivity contribution in [1.82, 2.24) is 4.98 Å². The molecule has 1 N–H and O–H groups in total. The van der Waals surface area contributed by atoms with E-state index in [2.05, 4.69) is 17.2 Å². The summed E-state index contributed by atoms with van der Waals surface area (Å²) >= 11 is 1.65. The Kier molecular flexibility index (Phi) is 4.38. The zero-order chi connectivity index (χ0) is 11.9. The first-order chi connectivity index (χ1) is 8.40. The minimum absolute atomic E-state index is 0.749. The topological polar surface area (TPSA) is 34.1 Å². The van der Waals surface area contributed by atoms with Gasteiger partial charge in [-0.25, -0.2) is 0 Å². The number of ether oxygens (including phenoxy) is 1. The van der Waals surface area contributed by atoms with Crippen molar-refractivity contribution >= 4 is 17.0 Å². The molecule has 17 heavy (non-hydrogen) atoms. The van der Waals surface area contributed by atoms with Gasteiger partial charge in [0, 0.05) is 11.1 Å². The van der Waals surface area contributed by atoms with E-state index >= 15 is 0 Å². The molecule has 0 radical (unpaired) electrons. The molecule has 2 rings (SSSR count). The summed E-state index contributed by atoms with van der Waals surface area (Å²) in [5, 5.41) is 3.37. The quantitative estimate of drug-likeness (QED) is 0.849. The molecule has 0 fully saturated rings. The molecule has 1 heterocycles. The minimum atomic E-state index is 0.749. The van der Waals surface area contributed by atoms with Gasteiger partial charge in [-0.2, -0.15) is 0 Å². The monoisotopic (exact) mass is 248 g/mol. The molecule has 1 aromatic carbocycles. The lowest BCUT2D eigenvalue weighted by atomic mass is 10.3.